The molecule has 2 atom stereocenters. The Balaban J connectivity index is 1.96. The van der Waals surface area contributed by atoms with Crippen LogP contribution in [0.2, 0.25) is 0 Å². The van der Waals surface area contributed by atoms with Crippen LogP contribution in [0.3, 0.4) is 0 Å². The van der Waals surface area contributed by atoms with Crippen LogP contribution in [-0.4, -0.2) is 36.4 Å². The first-order valence-corrected chi connectivity index (χ1v) is 5.48. The molecule has 0 saturated carbocycles. The monoisotopic (exact) mass is 184 g/mol. The Hall–Kier alpha value is -0.120. The molecule has 2 fully saturated rings. The first-order chi connectivity index (χ1) is 6.31. The van der Waals surface area contributed by atoms with Crippen LogP contribution in [0.4, 0.5) is 0 Å². The van der Waals surface area contributed by atoms with E-state index in [-0.39, 0.29) is 0 Å². The fraction of sp³-hybridized carbons (Fsp3) is 1.00. The molecule has 0 spiro atoms. The third-order valence-electron chi connectivity index (χ3n) is 3.37. The zero-order valence-electron chi connectivity index (χ0n) is 8.18. The molecule has 0 amide bonds. The summed E-state index contributed by atoms with van der Waals surface area (Å²) in [5, 5.41) is 17.0. The van der Waals surface area contributed by atoms with Gasteiger partial charge >= 0.3 is 0 Å². The Bertz CT molecular complexity index is 158. The minimum absolute atomic E-state index is 0.324. The number of hydrogen-bond acceptors (Lipinski definition) is 3. The fourth-order valence-electron chi connectivity index (χ4n) is 2.48. The predicted octanol–water partition coefficient (Wildman–Crippen LogP) is 0.243. The van der Waals surface area contributed by atoms with Gasteiger partial charge in [0, 0.05) is 12.6 Å². The van der Waals surface area contributed by atoms with Gasteiger partial charge < -0.3 is 15.7 Å². The summed E-state index contributed by atoms with van der Waals surface area (Å²) in [7, 11) is 0. The van der Waals surface area contributed by atoms with Crippen molar-refractivity contribution in [1.29, 1.82) is 0 Å². The highest BCUT2D eigenvalue weighted by molar-refractivity contribution is 4.98. The maximum Gasteiger partial charge on any atom is 0.0935 e. The first-order valence-electron chi connectivity index (χ1n) is 5.48. The second kappa shape index (κ2) is 3.95. The van der Waals surface area contributed by atoms with Gasteiger partial charge in [-0.05, 0) is 32.4 Å². The van der Waals surface area contributed by atoms with Gasteiger partial charge in [-0.1, -0.05) is 12.8 Å². The van der Waals surface area contributed by atoms with Crippen LogP contribution < -0.4 is 10.6 Å². The van der Waals surface area contributed by atoms with Gasteiger partial charge in [0.1, 0.15) is 0 Å². The molecule has 0 aliphatic carbocycles. The second-order valence-electron chi connectivity index (χ2n) is 4.39. The normalized spacial score (nSPS) is 41.8. The molecule has 2 heterocycles. The van der Waals surface area contributed by atoms with Gasteiger partial charge in [-0.3, -0.25) is 0 Å². The Labute approximate surface area is 79.9 Å². The summed E-state index contributed by atoms with van der Waals surface area (Å²) in [6, 6.07) is 0.324. The smallest absolute Gasteiger partial charge is 0.0935 e. The molecule has 13 heavy (non-hydrogen) atoms. The summed E-state index contributed by atoms with van der Waals surface area (Å²) in [5.41, 5.74) is -0.468. The average molecular weight is 184 g/mol. The molecule has 0 bridgehead atoms. The number of rotatable bonds is 1. The molecule has 3 N–H and O–H groups in total. The standard InChI is InChI=1S/C10H20N2O/c13-10(5-7-11-8-10)9-4-2-1-3-6-12-9/h9,11-13H,1-8H2. The lowest BCUT2D eigenvalue weighted by atomic mass is 9.90. The molecule has 0 aromatic carbocycles. The summed E-state index contributed by atoms with van der Waals surface area (Å²) in [6.45, 7) is 2.81. The third-order valence-corrected chi connectivity index (χ3v) is 3.37. The van der Waals surface area contributed by atoms with E-state index in [1.807, 2.05) is 0 Å². The van der Waals surface area contributed by atoms with Gasteiger partial charge in [0.05, 0.1) is 5.60 Å². The molecule has 2 rings (SSSR count). The highest BCUT2D eigenvalue weighted by Crippen LogP contribution is 2.24. The van der Waals surface area contributed by atoms with Gasteiger partial charge in [0.25, 0.3) is 0 Å². The second-order valence-corrected chi connectivity index (χ2v) is 4.39. The van der Waals surface area contributed by atoms with Gasteiger partial charge in [-0.15, -0.1) is 0 Å². The number of hydrogen-bond donors (Lipinski definition) is 3. The van der Waals surface area contributed by atoms with Crippen LogP contribution in [-0.2, 0) is 0 Å². The predicted molar refractivity (Wildman–Crippen MR) is 52.7 cm³/mol. The van der Waals surface area contributed by atoms with Crippen molar-refractivity contribution in [3.8, 4) is 0 Å². The van der Waals surface area contributed by atoms with Crippen molar-refractivity contribution in [3.63, 3.8) is 0 Å². The topological polar surface area (TPSA) is 44.3 Å². The van der Waals surface area contributed by atoms with Crippen molar-refractivity contribution in [2.45, 2.75) is 43.7 Å². The van der Waals surface area contributed by atoms with Crippen LogP contribution in [0.25, 0.3) is 0 Å². The molecule has 0 aromatic heterocycles. The highest BCUT2D eigenvalue weighted by Gasteiger charge is 2.39. The van der Waals surface area contributed by atoms with E-state index in [1.54, 1.807) is 0 Å². The number of nitrogens with one attached hydrogen (secondary N) is 2. The van der Waals surface area contributed by atoms with E-state index in [0.717, 1.165) is 32.5 Å². The van der Waals surface area contributed by atoms with Crippen LogP contribution in [0, 0.1) is 0 Å². The Kier molecular flexibility index (Phi) is 2.86. The Morgan fingerprint density at radius 1 is 1.15 bits per heavy atom. The van der Waals surface area contributed by atoms with Gasteiger partial charge in [0.15, 0.2) is 0 Å². The van der Waals surface area contributed by atoms with Crippen LogP contribution >= 0.6 is 0 Å². The van der Waals surface area contributed by atoms with E-state index < -0.39 is 5.60 Å². The maximum absolute atomic E-state index is 10.3. The molecule has 3 nitrogen and oxygen atoms in total. The molecule has 2 unspecified atom stereocenters. The largest absolute Gasteiger partial charge is 0.387 e. The first kappa shape index (κ1) is 9.44. The molecule has 0 aromatic rings. The van der Waals surface area contributed by atoms with E-state index in [2.05, 4.69) is 10.6 Å². The summed E-state index contributed by atoms with van der Waals surface area (Å²) in [5.74, 6) is 0. The van der Waals surface area contributed by atoms with Crippen LogP contribution in [0.5, 0.6) is 0 Å². The van der Waals surface area contributed by atoms with Crippen molar-refractivity contribution in [2.24, 2.45) is 0 Å². The van der Waals surface area contributed by atoms with Crippen molar-refractivity contribution < 1.29 is 5.11 Å². The van der Waals surface area contributed by atoms with E-state index >= 15 is 0 Å². The van der Waals surface area contributed by atoms with Crippen molar-refractivity contribution in [1.82, 2.24) is 10.6 Å². The van der Waals surface area contributed by atoms with Crippen LogP contribution in [0.1, 0.15) is 32.1 Å². The molecule has 0 radical (unpaired) electrons. The lowest BCUT2D eigenvalue weighted by molar-refractivity contribution is 0.0192. The Morgan fingerprint density at radius 2 is 2.08 bits per heavy atom. The SMILES string of the molecule is OC1(C2CCCCCN2)CCNC1. The summed E-state index contributed by atoms with van der Waals surface area (Å²) >= 11 is 0. The summed E-state index contributed by atoms with van der Waals surface area (Å²) in [6.07, 6.45) is 5.88. The molecule has 2 saturated heterocycles. The lowest BCUT2D eigenvalue weighted by Gasteiger charge is -2.31. The minimum atomic E-state index is -0.468. The van der Waals surface area contributed by atoms with E-state index in [9.17, 15) is 5.11 Å². The zero-order chi connectivity index (χ0) is 9.15. The summed E-state index contributed by atoms with van der Waals surface area (Å²) in [4.78, 5) is 0. The van der Waals surface area contributed by atoms with Crippen molar-refractivity contribution in [3.05, 3.63) is 0 Å². The number of β-amino-alcohol motifs (C(OH)–C–C–N with tert-alkyl or cyclic N) is 1. The fourth-order valence-corrected chi connectivity index (χ4v) is 2.48. The van der Waals surface area contributed by atoms with Gasteiger partial charge in [-0.25, -0.2) is 0 Å². The van der Waals surface area contributed by atoms with Gasteiger partial charge in [0.2, 0.25) is 0 Å². The van der Waals surface area contributed by atoms with E-state index in [0.29, 0.717) is 6.04 Å². The molecule has 2 aliphatic rings. The molecule has 76 valence electrons. The van der Waals surface area contributed by atoms with Crippen LogP contribution in [0.15, 0.2) is 0 Å². The highest BCUT2D eigenvalue weighted by atomic mass is 16.3. The van der Waals surface area contributed by atoms with E-state index in [4.69, 9.17) is 0 Å². The quantitative estimate of drug-likeness (QED) is 0.547. The van der Waals surface area contributed by atoms with Gasteiger partial charge in [-0.2, -0.15) is 0 Å². The average Bonchev–Trinajstić information content (AvgIpc) is 2.44. The number of aliphatic hydroxyl groups is 1. The van der Waals surface area contributed by atoms with Crippen molar-refractivity contribution in [2.75, 3.05) is 19.6 Å². The molecule has 3 heteroatoms. The molecule has 2 aliphatic heterocycles. The third kappa shape index (κ3) is 2.03. The summed E-state index contributed by atoms with van der Waals surface area (Å²) < 4.78 is 0. The van der Waals surface area contributed by atoms with Crippen molar-refractivity contribution >= 4 is 0 Å². The molecular weight excluding hydrogens is 164 g/mol. The maximum atomic E-state index is 10.3. The Morgan fingerprint density at radius 3 is 2.85 bits per heavy atom. The minimum Gasteiger partial charge on any atom is -0.387 e. The molecular formula is C10H20N2O. The van der Waals surface area contributed by atoms with E-state index in [1.165, 1.54) is 19.3 Å². The lowest BCUT2D eigenvalue weighted by Crippen LogP contribution is -2.51. The zero-order valence-corrected chi connectivity index (χ0v) is 8.18.